The largest absolute Gasteiger partial charge is 0.455 e. The number of thioether (sulfide) groups is 1. The van der Waals surface area contributed by atoms with Gasteiger partial charge in [-0.25, -0.2) is 14.4 Å². The number of fused-ring (bicyclic) bond motifs is 5. The lowest BCUT2D eigenvalue weighted by atomic mass is 9.44. The molecule has 2 unspecified atom stereocenters. The first-order chi connectivity index (χ1) is 36.2. The van der Waals surface area contributed by atoms with Crippen LogP contribution >= 0.6 is 11.8 Å². The minimum Gasteiger partial charge on any atom is -0.455 e. The van der Waals surface area contributed by atoms with Crippen LogP contribution in [0.25, 0.3) is 0 Å². The fourth-order valence-corrected chi connectivity index (χ4v) is 16.7. The molecule has 1 aliphatic heterocycles. The normalized spacial score (nSPS) is 29.4. The number of esters is 3. The first-order valence-corrected chi connectivity index (χ1v) is 30.3. The molecule has 420 valence electrons. The van der Waals surface area contributed by atoms with Crippen molar-refractivity contribution in [2.75, 3.05) is 13.2 Å². The van der Waals surface area contributed by atoms with E-state index in [-0.39, 0.29) is 36.3 Å². The predicted octanol–water partition coefficient (Wildman–Crippen LogP) is 9.82. The predicted molar refractivity (Wildman–Crippen MR) is 291 cm³/mol. The zero-order valence-corrected chi connectivity index (χ0v) is 48.7. The van der Waals surface area contributed by atoms with Crippen molar-refractivity contribution in [2.45, 2.75) is 190 Å². The number of aliphatic hydroxyl groups is 2. The molecule has 12 atom stereocenters. The highest BCUT2D eigenvalue weighted by Crippen LogP contribution is 2.65. The second-order valence-electron chi connectivity index (χ2n) is 22.6. The number of aliphatic hydroxyl groups excluding tert-OH is 1. The third-order valence-corrected chi connectivity index (χ3v) is 22.6. The SMILES string of the molecule is CCOC(C)O[C@](Sc1ccccc1)(C(=O)O[C@H]1C[C@@]2(O)[C@@H](OC(=O)c3ccccc3)C3[C@](C)(C(=O)[C@H](O)C(=C1C)C2(C)C)[C@@H](O[Si](CC)(CC)CC)C[C@H]1OC[C@@]31OC(C)=O)[C@@H](NC(=O)OC(C)(C)C)c1ccccc1. The third-order valence-electron chi connectivity index (χ3n) is 16.7. The van der Waals surface area contributed by atoms with Crippen LogP contribution in [0, 0.1) is 16.7 Å². The summed E-state index contributed by atoms with van der Waals surface area (Å²) < 4.78 is 52.3. The lowest BCUT2D eigenvalue weighted by molar-refractivity contribution is -0.344. The molecule has 3 aromatic rings. The lowest BCUT2D eigenvalue weighted by Crippen LogP contribution is -2.82. The molecule has 0 aromatic heterocycles. The van der Waals surface area contributed by atoms with Gasteiger partial charge in [0.15, 0.2) is 26.0 Å². The Morgan fingerprint density at radius 3 is 2.00 bits per heavy atom. The second-order valence-corrected chi connectivity index (χ2v) is 28.6. The number of ether oxygens (including phenoxy) is 7. The highest BCUT2D eigenvalue weighted by atomic mass is 32.2. The van der Waals surface area contributed by atoms with Gasteiger partial charge >= 0.3 is 24.0 Å². The molecule has 1 saturated heterocycles. The second kappa shape index (κ2) is 23.0. The van der Waals surface area contributed by atoms with Crippen molar-refractivity contribution in [1.29, 1.82) is 0 Å². The summed E-state index contributed by atoms with van der Waals surface area (Å²) in [5.74, 6) is -4.76. The number of carbonyl (C=O) groups excluding carboxylic acids is 5. The van der Waals surface area contributed by atoms with Crippen molar-refractivity contribution in [2.24, 2.45) is 16.7 Å². The Bertz CT molecular complexity index is 2640. The van der Waals surface area contributed by atoms with Crippen LogP contribution in [-0.2, 0) is 52.0 Å². The minimum atomic E-state index is -2.63. The van der Waals surface area contributed by atoms with Gasteiger partial charge in [0.25, 0.3) is 0 Å². The summed E-state index contributed by atoms with van der Waals surface area (Å²) in [6.45, 7) is 22.5. The Morgan fingerprint density at radius 2 is 1.47 bits per heavy atom. The number of hydrogen-bond acceptors (Lipinski definition) is 16. The molecule has 3 fully saturated rings. The monoisotopic (exact) mass is 1100 g/mol. The van der Waals surface area contributed by atoms with Crippen LogP contribution in [0.1, 0.15) is 125 Å². The molecule has 3 aromatic carbocycles. The molecule has 1 heterocycles. The van der Waals surface area contributed by atoms with Gasteiger partial charge in [-0.3, -0.25) is 9.59 Å². The van der Waals surface area contributed by atoms with Gasteiger partial charge in [0, 0.05) is 36.7 Å². The number of carbonyl (C=O) groups is 5. The van der Waals surface area contributed by atoms with Crippen molar-refractivity contribution in [3.63, 3.8) is 0 Å². The molecular weight excluding hydrogens is 1020 g/mol. The number of nitrogens with one attached hydrogen (secondary N) is 1. The molecule has 18 heteroatoms. The van der Waals surface area contributed by atoms with Crippen LogP contribution in [0.15, 0.2) is 107 Å². The molecular formula is C59H79NO15SSi. The summed E-state index contributed by atoms with van der Waals surface area (Å²) in [6, 6.07) is 26.5. The Morgan fingerprint density at radius 1 is 0.883 bits per heavy atom. The van der Waals surface area contributed by atoms with Crippen LogP contribution in [0.3, 0.4) is 0 Å². The molecule has 2 bridgehead atoms. The van der Waals surface area contributed by atoms with Crippen molar-refractivity contribution in [1.82, 2.24) is 5.32 Å². The average molecular weight is 1100 g/mol. The van der Waals surface area contributed by atoms with Gasteiger partial charge in [-0.2, -0.15) is 0 Å². The van der Waals surface area contributed by atoms with Crippen LogP contribution < -0.4 is 5.32 Å². The summed E-state index contributed by atoms with van der Waals surface area (Å²) >= 11 is 0.953. The van der Waals surface area contributed by atoms with Crippen molar-refractivity contribution < 1.29 is 71.8 Å². The van der Waals surface area contributed by atoms with Gasteiger partial charge in [0.1, 0.15) is 41.7 Å². The fourth-order valence-electron chi connectivity index (χ4n) is 12.4. The number of hydrogen-bond donors (Lipinski definition) is 3. The van der Waals surface area contributed by atoms with Crippen LogP contribution in [0.4, 0.5) is 4.79 Å². The van der Waals surface area contributed by atoms with Crippen molar-refractivity contribution >= 4 is 49.9 Å². The molecule has 77 heavy (non-hydrogen) atoms. The topological polar surface area (TPSA) is 212 Å². The van der Waals surface area contributed by atoms with E-state index < -0.39 is 126 Å². The highest BCUT2D eigenvalue weighted by molar-refractivity contribution is 8.01. The number of Topliss-reactive ketones (excluding diaryl/α,β-unsaturated/α-hetero) is 1. The van der Waals surface area contributed by atoms with E-state index in [1.165, 1.54) is 6.92 Å². The van der Waals surface area contributed by atoms with Gasteiger partial charge in [-0.05, 0) is 108 Å². The molecule has 7 rings (SSSR count). The van der Waals surface area contributed by atoms with Crippen molar-refractivity contribution in [3.8, 4) is 0 Å². The maximum atomic E-state index is 16.2. The van der Waals surface area contributed by atoms with Crippen LogP contribution in [0.2, 0.25) is 18.1 Å². The van der Waals surface area contributed by atoms with Gasteiger partial charge in [-0.15, -0.1) is 0 Å². The molecule has 0 spiro atoms. The summed E-state index contributed by atoms with van der Waals surface area (Å²) in [7, 11) is -2.63. The first-order valence-electron chi connectivity index (χ1n) is 26.9. The van der Waals surface area contributed by atoms with Gasteiger partial charge < -0.3 is 53.1 Å². The lowest BCUT2D eigenvalue weighted by Gasteiger charge is -2.68. The smallest absolute Gasteiger partial charge is 0.408 e. The number of benzene rings is 3. The Kier molecular flexibility index (Phi) is 17.9. The molecule has 4 aliphatic rings. The van der Waals surface area contributed by atoms with E-state index in [0.717, 1.165) is 11.8 Å². The number of amides is 1. The van der Waals surface area contributed by atoms with E-state index in [1.54, 1.807) is 147 Å². The standard InChI is InChI=1S/C59H79NO15SSi/c1-14-68-38(7)73-59(76-41-31-25-20-26-32-41,48(39-27-21-18-22-28-39)60-53(66)74-54(8,9)10)52(65)70-42-34-58(67)50(71-51(64)40-29-23-19-24-30-40)47-56(13,49(63)46(62)45(36(42)5)55(58,11)12)43(75-77(15-2,16-3)17-4)33-44-57(47,35-69-44)72-37(6)61/h18-32,38,42-44,46-48,50,62,67H,14-17,33-35H2,1-13H3,(H,60,66)/t38?,42-,43-,44+,46+,47?,48-,50-,56+,57-,58+,59+/m0/s1. The van der Waals surface area contributed by atoms with E-state index in [1.807, 2.05) is 6.07 Å². The van der Waals surface area contributed by atoms with Crippen LogP contribution in [0.5, 0.6) is 0 Å². The molecule has 0 radical (unpaired) electrons. The molecule has 16 nitrogen and oxygen atoms in total. The van der Waals surface area contributed by atoms with E-state index >= 15 is 9.59 Å². The minimum absolute atomic E-state index is 0.0307. The zero-order valence-electron chi connectivity index (χ0n) is 46.8. The Balaban J connectivity index is 1.50. The quantitative estimate of drug-likeness (QED) is 0.0255. The summed E-state index contributed by atoms with van der Waals surface area (Å²) in [6.07, 6.45) is -9.46. The average Bonchev–Trinajstić information content (AvgIpc) is 3.42. The van der Waals surface area contributed by atoms with E-state index in [4.69, 9.17) is 37.6 Å². The van der Waals surface area contributed by atoms with Gasteiger partial charge in [0.05, 0.1) is 29.6 Å². The molecule has 3 aliphatic carbocycles. The zero-order chi connectivity index (χ0) is 56.5. The summed E-state index contributed by atoms with van der Waals surface area (Å²) in [5, 5.41) is 30.5. The van der Waals surface area contributed by atoms with E-state index in [0.29, 0.717) is 28.6 Å². The third kappa shape index (κ3) is 11.2. The number of alkyl carbamates (subject to hydrolysis) is 1. The Hall–Kier alpha value is -4.92. The molecule has 1 amide bonds. The summed E-state index contributed by atoms with van der Waals surface area (Å²) in [4.78, 5) is 73.2. The molecule has 3 N–H and O–H groups in total. The number of rotatable bonds is 19. The van der Waals surface area contributed by atoms with E-state index in [2.05, 4.69) is 26.1 Å². The summed E-state index contributed by atoms with van der Waals surface area (Å²) in [5.41, 5.74) is -7.68. The maximum absolute atomic E-state index is 16.2. The fraction of sp³-hybridized carbons (Fsp3) is 0.576. The number of ketones is 1. The van der Waals surface area contributed by atoms with Crippen molar-refractivity contribution in [3.05, 3.63) is 113 Å². The maximum Gasteiger partial charge on any atom is 0.408 e. The van der Waals surface area contributed by atoms with Gasteiger partial charge in [-0.1, -0.05) is 113 Å². The van der Waals surface area contributed by atoms with Gasteiger partial charge in [0.2, 0.25) is 4.93 Å². The van der Waals surface area contributed by atoms with E-state index in [9.17, 15) is 24.6 Å². The van der Waals surface area contributed by atoms with Crippen LogP contribution in [-0.4, -0.2) is 120 Å². The Labute approximate surface area is 458 Å². The highest BCUT2D eigenvalue weighted by Gasteiger charge is 2.78. The molecule has 2 saturated carbocycles. The first kappa shape index (κ1) is 59.7.